The van der Waals surface area contributed by atoms with Crippen molar-refractivity contribution in [3.8, 4) is 0 Å². The van der Waals surface area contributed by atoms with Crippen molar-refractivity contribution in [1.82, 2.24) is 5.32 Å². The molecule has 0 aromatic heterocycles. The van der Waals surface area contributed by atoms with Crippen molar-refractivity contribution >= 4 is 23.7 Å². The Kier molecular flexibility index (Phi) is 7.26. The molecule has 1 amide bonds. The van der Waals surface area contributed by atoms with Crippen molar-refractivity contribution in [1.29, 1.82) is 0 Å². The van der Waals surface area contributed by atoms with E-state index in [1.54, 1.807) is 0 Å². The molecule has 0 spiro atoms. The van der Waals surface area contributed by atoms with Gasteiger partial charge in [0, 0.05) is 19.2 Å². The monoisotopic (exact) mass is 353 g/mol. The summed E-state index contributed by atoms with van der Waals surface area (Å²) in [6.45, 7) is 1.44. The Bertz CT molecular complexity index is 553. The lowest BCUT2D eigenvalue weighted by Gasteiger charge is -2.40. The molecule has 2 rings (SSSR count). The molecular weight excluding hydrogens is 330 g/mol. The molecule has 0 unspecified atom stereocenters. The number of amides is 1. The molecule has 0 bridgehead atoms. The van der Waals surface area contributed by atoms with Crippen LogP contribution in [0.4, 0.5) is 0 Å². The summed E-state index contributed by atoms with van der Waals surface area (Å²) in [5.74, 6) is 0.327. The molecule has 0 aliphatic carbocycles. The zero-order chi connectivity index (χ0) is 17.5. The third-order valence-corrected chi connectivity index (χ3v) is 4.79. The number of hydrogen-bond acceptors (Lipinski definition) is 6. The molecular formula is C17H23NO5S. The van der Waals surface area contributed by atoms with Gasteiger partial charge >= 0.3 is 0 Å². The fourth-order valence-electron chi connectivity index (χ4n) is 2.37. The number of aliphatic hydroxyl groups excluding tert-OH is 3. The summed E-state index contributed by atoms with van der Waals surface area (Å²) < 4.78 is 5.64. The minimum Gasteiger partial charge on any atom is -0.388 e. The van der Waals surface area contributed by atoms with Crippen LogP contribution in [0, 0.1) is 0 Å². The minimum atomic E-state index is -1.31. The maximum atomic E-state index is 11.0. The lowest BCUT2D eigenvalue weighted by atomic mass is 10.00. The molecule has 1 aromatic carbocycles. The molecule has 1 saturated heterocycles. The molecule has 4 N–H and O–H groups in total. The first-order valence-electron chi connectivity index (χ1n) is 7.76. The molecule has 5 atom stereocenters. The Morgan fingerprint density at radius 3 is 2.58 bits per heavy atom. The molecule has 1 heterocycles. The standard InChI is InChI=1S/C17H23NO5S/c1-11(19)18-10-13-14(20)15(21)16(22)17(23-13)24-9-5-8-12-6-3-2-4-7-12/h2-8,13-17,20-22H,9-10H2,1H3,(H,18,19)/b8-5+/t13-,14-,15+,16+,17+/m1/s1. The van der Waals surface area contributed by atoms with E-state index in [9.17, 15) is 20.1 Å². The van der Waals surface area contributed by atoms with Gasteiger partial charge in [-0.25, -0.2) is 0 Å². The molecule has 132 valence electrons. The third-order valence-electron chi connectivity index (χ3n) is 3.69. The van der Waals surface area contributed by atoms with E-state index in [1.807, 2.05) is 42.5 Å². The van der Waals surface area contributed by atoms with Crippen molar-refractivity contribution in [2.75, 3.05) is 12.3 Å². The lowest BCUT2D eigenvalue weighted by Crippen LogP contribution is -2.59. The number of hydrogen-bond donors (Lipinski definition) is 4. The minimum absolute atomic E-state index is 0.0806. The zero-order valence-electron chi connectivity index (χ0n) is 13.4. The van der Waals surface area contributed by atoms with Gasteiger partial charge in [-0.2, -0.15) is 0 Å². The summed E-state index contributed by atoms with van der Waals surface area (Å²) >= 11 is 1.33. The van der Waals surface area contributed by atoms with Crippen LogP contribution in [0.5, 0.6) is 0 Å². The van der Waals surface area contributed by atoms with Crippen LogP contribution in [0.3, 0.4) is 0 Å². The van der Waals surface area contributed by atoms with Crippen LogP contribution in [0.15, 0.2) is 36.4 Å². The Labute approximate surface area is 145 Å². The highest BCUT2D eigenvalue weighted by Crippen LogP contribution is 2.28. The van der Waals surface area contributed by atoms with Gasteiger partial charge in [0.15, 0.2) is 0 Å². The predicted octanol–water partition coefficient (Wildman–Crippen LogP) is 0.377. The SMILES string of the molecule is CC(=O)NC[C@H]1O[C@@H](SC/C=C/c2ccccc2)[C@@H](O)[C@@H](O)[C@@H]1O. The van der Waals surface area contributed by atoms with E-state index in [0.717, 1.165) is 5.56 Å². The number of benzene rings is 1. The first kappa shape index (κ1) is 19.0. The Morgan fingerprint density at radius 1 is 1.21 bits per heavy atom. The van der Waals surface area contributed by atoms with Crippen LogP contribution >= 0.6 is 11.8 Å². The number of carbonyl (C=O) groups is 1. The average molecular weight is 353 g/mol. The fraction of sp³-hybridized carbons (Fsp3) is 0.471. The van der Waals surface area contributed by atoms with Crippen molar-refractivity contribution in [2.45, 2.75) is 36.8 Å². The van der Waals surface area contributed by atoms with E-state index in [-0.39, 0.29) is 12.5 Å². The molecule has 7 heteroatoms. The topological polar surface area (TPSA) is 99.0 Å². The van der Waals surface area contributed by atoms with Crippen LogP contribution in [-0.4, -0.2) is 63.4 Å². The largest absolute Gasteiger partial charge is 0.388 e. The fourth-order valence-corrected chi connectivity index (χ4v) is 3.34. The Hall–Kier alpha value is -1.38. The number of rotatable bonds is 6. The molecule has 0 saturated carbocycles. The first-order valence-corrected chi connectivity index (χ1v) is 8.81. The molecule has 1 aliphatic heterocycles. The van der Waals surface area contributed by atoms with Crippen molar-refractivity contribution < 1.29 is 24.9 Å². The van der Waals surface area contributed by atoms with Gasteiger partial charge in [-0.1, -0.05) is 42.5 Å². The number of thioether (sulfide) groups is 1. The van der Waals surface area contributed by atoms with Crippen LogP contribution in [0.25, 0.3) is 6.08 Å². The number of carbonyl (C=O) groups excluding carboxylic acids is 1. The van der Waals surface area contributed by atoms with E-state index < -0.39 is 29.9 Å². The molecule has 0 radical (unpaired) electrons. The van der Waals surface area contributed by atoms with Gasteiger partial charge in [0.25, 0.3) is 0 Å². The second-order valence-corrected chi connectivity index (χ2v) is 6.73. The van der Waals surface area contributed by atoms with Gasteiger partial charge in [0.05, 0.1) is 0 Å². The maximum Gasteiger partial charge on any atom is 0.216 e. The first-order chi connectivity index (χ1) is 11.5. The highest BCUT2D eigenvalue weighted by molar-refractivity contribution is 7.99. The summed E-state index contributed by atoms with van der Waals surface area (Å²) in [6.07, 6.45) is -0.609. The molecule has 6 nitrogen and oxygen atoms in total. The van der Waals surface area contributed by atoms with Gasteiger partial charge in [0.1, 0.15) is 29.9 Å². The molecule has 1 aromatic rings. The normalized spacial score (nSPS) is 30.4. The van der Waals surface area contributed by atoms with Crippen LogP contribution < -0.4 is 5.32 Å². The summed E-state index contributed by atoms with van der Waals surface area (Å²) in [7, 11) is 0. The van der Waals surface area contributed by atoms with Gasteiger partial charge in [-0.05, 0) is 5.56 Å². The third kappa shape index (κ3) is 5.32. The van der Waals surface area contributed by atoms with E-state index in [0.29, 0.717) is 5.75 Å². The summed E-state index contributed by atoms with van der Waals surface area (Å²) in [5.41, 5.74) is 0.393. The van der Waals surface area contributed by atoms with Crippen molar-refractivity contribution in [3.63, 3.8) is 0 Å². The summed E-state index contributed by atoms with van der Waals surface area (Å²) in [4.78, 5) is 11.0. The molecule has 1 fully saturated rings. The van der Waals surface area contributed by atoms with E-state index in [1.165, 1.54) is 18.7 Å². The number of nitrogens with one attached hydrogen (secondary N) is 1. The summed E-state index contributed by atoms with van der Waals surface area (Å²) in [6, 6.07) is 9.81. The average Bonchev–Trinajstić information content (AvgIpc) is 2.58. The van der Waals surface area contributed by atoms with E-state index in [4.69, 9.17) is 4.74 Å². The van der Waals surface area contributed by atoms with Gasteiger partial charge in [-0.3, -0.25) is 4.79 Å². The molecule has 1 aliphatic rings. The van der Waals surface area contributed by atoms with Gasteiger partial charge in [0.2, 0.25) is 5.91 Å². The quantitative estimate of drug-likeness (QED) is 0.590. The van der Waals surface area contributed by atoms with E-state index >= 15 is 0 Å². The smallest absolute Gasteiger partial charge is 0.216 e. The maximum absolute atomic E-state index is 11.0. The number of aliphatic hydroxyl groups is 3. The Balaban J connectivity index is 1.88. The van der Waals surface area contributed by atoms with Crippen molar-refractivity contribution in [2.24, 2.45) is 0 Å². The van der Waals surface area contributed by atoms with E-state index in [2.05, 4.69) is 5.32 Å². The summed E-state index contributed by atoms with van der Waals surface area (Å²) in [5, 5.41) is 32.5. The van der Waals surface area contributed by atoms with Crippen LogP contribution in [0.2, 0.25) is 0 Å². The second-order valence-electron chi connectivity index (χ2n) is 5.60. The van der Waals surface area contributed by atoms with Crippen LogP contribution in [0.1, 0.15) is 12.5 Å². The molecule has 24 heavy (non-hydrogen) atoms. The van der Waals surface area contributed by atoms with Gasteiger partial charge in [-0.15, -0.1) is 11.8 Å². The predicted molar refractivity (Wildman–Crippen MR) is 93.3 cm³/mol. The lowest BCUT2D eigenvalue weighted by molar-refractivity contribution is -0.196. The van der Waals surface area contributed by atoms with Crippen LogP contribution in [-0.2, 0) is 9.53 Å². The zero-order valence-corrected chi connectivity index (χ0v) is 14.2. The van der Waals surface area contributed by atoms with Gasteiger partial charge < -0.3 is 25.4 Å². The highest BCUT2D eigenvalue weighted by atomic mass is 32.2. The Morgan fingerprint density at radius 2 is 1.92 bits per heavy atom. The second kappa shape index (κ2) is 9.19. The van der Waals surface area contributed by atoms with Crippen molar-refractivity contribution in [3.05, 3.63) is 42.0 Å². The number of ether oxygens (including phenoxy) is 1. The highest BCUT2D eigenvalue weighted by Gasteiger charge is 2.43.